The van der Waals surface area contributed by atoms with Crippen molar-refractivity contribution in [2.45, 2.75) is 11.5 Å². The molecule has 0 saturated heterocycles. The van der Waals surface area contributed by atoms with E-state index in [0.717, 1.165) is 5.56 Å². The molecular weight excluding hydrogens is 419 g/mol. The number of rotatable bonds is 9. The summed E-state index contributed by atoms with van der Waals surface area (Å²) in [5.74, 6) is 0.802. The van der Waals surface area contributed by atoms with Gasteiger partial charge in [-0.2, -0.15) is 11.8 Å². The Morgan fingerprint density at radius 2 is 1.77 bits per heavy atom. The molecule has 0 aliphatic carbocycles. The lowest BCUT2D eigenvalue weighted by molar-refractivity contribution is -0.384. The quantitative estimate of drug-likeness (QED) is 0.361. The number of nitrogens with zero attached hydrogens (tertiary/aromatic N) is 1. The Morgan fingerprint density at radius 3 is 2.42 bits per heavy atom. The van der Waals surface area contributed by atoms with Crippen LogP contribution in [-0.2, 0) is 21.5 Å². The molecule has 0 amide bonds. The third-order valence-electron chi connectivity index (χ3n) is 3.35. The molecule has 0 aliphatic heterocycles. The maximum atomic E-state index is 12.1. The molecule has 0 fully saturated rings. The summed E-state index contributed by atoms with van der Waals surface area (Å²) in [4.78, 5) is 10.2. The van der Waals surface area contributed by atoms with E-state index in [1.807, 2.05) is 0 Å². The molecule has 10 heteroatoms. The maximum Gasteiger partial charge on any atom is 0.269 e. The third kappa shape index (κ3) is 6.44. The van der Waals surface area contributed by atoms with Gasteiger partial charge in [-0.15, -0.1) is 0 Å². The van der Waals surface area contributed by atoms with Crippen LogP contribution in [0.5, 0.6) is 0 Å². The monoisotopic (exact) mass is 434 g/mol. The van der Waals surface area contributed by atoms with Gasteiger partial charge in [-0.1, -0.05) is 41.4 Å². The predicted molar refractivity (Wildman–Crippen MR) is 106 cm³/mol. The molecule has 0 heterocycles. The van der Waals surface area contributed by atoms with Gasteiger partial charge < -0.3 is 0 Å². The lowest BCUT2D eigenvalue weighted by Crippen LogP contribution is -2.27. The second kappa shape index (κ2) is 9.57. The number of hydrogen-bond donors (Lipinski definition) is 1. The van der Waals surface area contributed by atoms with E-state index < -0.39 is 14.9 Å². The molecule has 26 heavy (non-hydrogen) atoms. The first-order chi connectivity index (χ1) is 12.3. The van der Waals surface area contributed by atoms with Crippen molar-refractivity contribution < 1.29 is 13.3 Å². The molecule has 0 spiro atoms. The minimum absolute atomic E-state index is 0.134. The molecule has 0 bridgehead atoms. The summed E-state index contributed by atoms with van der Waals surface area (Å²) < 4.78 is 26.7. The van der Waals surface area contributed by atoms with Crippen LogP contribution in [0.3, 0.4) is 0 Å². The Kier molecular flexibility index (Phi) is 7.72. The van der Waals surface area contributed by atoms with Crippen LogP contribution in [0.25, 0.3) is 0 Å². The number of thioether (sulfide) groups is 1. The zero-order chi connectivity index (χ0) is 19.2. The number of hydrogen-bond acceptors (Lipinski definition) is 5. The summed E-state index contributed by atoms with van der Waals surface area (Å²) in [6, 6.07) is 10.9. The summed E-state index contributed by atoms with van der Waals surface area (Å²) in [7, 11) is -3.58. The Hall–Kier alpha value is -1.32. The van der Waals surface area contributed by atoms with Crippen LogP contribution in [0.2, 0.25) is 10.0 Å². The largest absolute Gasteiger partial charge is 0.269 e. The molecule has 140 valence electrons. The zero-order valence-electron chi connectivity index (χ0n) is 13.5. The van der Waals surface area contributed by atoms with Gasteiger partial charge in [-0.05, 0) is 23.3 Å². The predicted octanol–water partition coefficient (Wildman–Crippen LogP) is 4.25. The average Bonchev–Trinajstić information content (AvgIpc) is 2.56. The molecule has 0 unspecified atom stereocenters. The first-order valence-corrected chi connectivity index (χ1v) is 11.1. The molecule has 0 radical (unpaired) electrons. The van der Waals surface area contributed by atoms with Crippen molar-refractivity contribution in [1.82, 2.24) is 4.72 Å². The van der Waals surface area contributed by atoms with E-state index in [4.69, 9.17) is 23.2 Å². The Labute approximate surface area is 166 Å². The van der Waals surface area contributed by atoms with Crippen molar-refractivity contribution >= 4 is 50.7 Å². The molecule has 0 saturated carbocycles. The molecule has 0 atom stereocenters. The molecule has 2 aromatic carbocycles. The Balaban J connectivity index is 1.81. The van der Waals surface area contributed by atoms with E-state index in [1.54, 1.807) is 24.3 Å². The van der Waals surface area contributed by atoms with E-state index in [1.165, 1.54) is 30.0 Å². The summed E-state index contributed by atoms with van der Waals surface area (Å²) in [6.07, 6.45) is 0. The molecule has 2 aromatic rings. The SMILES string of the molecule is O=[N+]([O-])c1cccc(CS(=O)(=O)NCCSCc2c(Cl)cccc2Cl)c1. The van der Waals surface area contributed by atoms with Crippen LogP contribution < -0.4 is 4.72 Å². The minimum Gasteiger partial charge on any atom is -0.258 e. The minimum atomic E-state index is -3.58. The summed E-state index contributed by atoms with van der Waals surface area (Å²) in [5.41, 5.74) is 1.05. The molecule has 0 aliphatic rings. The second-order valence-electron chi connectivity index (χ2n) is 5.33. The van der Waals surface area contributed by atoms with Gasteiger partial charge >= 0.3 is 0 Å². The lowest BCUT2D eigenvalue weighted by Gasteiger charge is -2.08. The second-order valence-corrected chi connectivity index (χ2v) is 9.06. The number of nitro groups is 1. The van der Waals surface area contributed by atoms with Gasteiger partial charge in [0.1, 0.15) is 0 Å². The van der Waals surface area contributed by atoms with Crippen molar-refractivity contribution in [3.63, 3.8) is 0 Å². The zero-order valence-corrected chi connectivity index (χ0v) is 16.7. The molecule has 2 rings (SSSR count). The fourth-order valence-corrected chi connectivity index (χ4v) is 5.00. The number of nitrogens with one attached hydrogen (secondary N) is 1. The fourth-order valence-electron chi connectivity index (χ4n) is 2.14. The first-order valence-electron chi connectivity index (χ1n) is 7.50. The van der Waals surface area contributed by atoms with Crippen molar-refractivity contribution in [3.05, 3.63) is 73.8 Å². The van der Waals surface area contributed by atoms with E-state index >= 15 is 0 Å². The molecule has 0 aromatic heterocycles. The van der Waals surface area contributed by atoms with Crippen molar-refractivity contribution in [1.29, 1.82) is 0 Å². The van der Waals surface area contributed by atoms with Crippen LogP contribution in [0.15, 0.2) is 42.5 Å². The van der Waals surface area contributed by atoms with Gasteiger partial charge in [0, 0.05) is 40.2 Å². The number of nitro benzene ring substituents is 1. The number of benzene rings is 2. The normalized spacial score (nSPS) is 11.5. The highest BCUT2D eigenvalue weighted by atomic mass is 35.5. The van der Waals surface area contributed by atoms with Crippen LogP contribution in [-0.4, -0.2) is 25.6 Å². The van der Waals surface area contributed by atoms with E-state index in [9.17, 15) is 18.5 Å². The molecular formula is C16H16Cl2N2O4S2. The van der Waals surface area contributed by atoms with Crippen LogP contribution in [0.1, 0.15) is 11.1 Å². The van der Waals surface area contributed by atoms with Gasteiger partial charge in [0.05, 0.1) is 10.7 Å². The molecule has 6 nitrogen and oxygen atoms in total. The van der Waals surface area contributed by atoms with E-state index in [-0.39, 0.29) is 18.0 Å². The van der Waals surface area contributed by atoms with Gasteiger partial charge in [-0.25, -0.2) is 13.1 Å². The van der Waals surface area contributed by atoms with Crippen molar-refractivity contribution in [3.8, 4) is 0 Å². The van der Waals surface area contributed by atoms with Crippen LogP contribution >= 0.6 is 35.0 Å². The standard InChI is InChI=1S/C16H16Cl2N2O4S2/c17-15-5-2-6-16(18)14(15)10-25-8-7-19-26(23,24)11-12-3-1-4-13(9-12)20(21)22/h1-6,9,19H,7-8,10-11H2. The van der Waals surface area contributed by atoms with Crippen molar-refractivity contribution in [2.24, 2.45) is 0 Å². The maximum absolute atomic E-state index is 12.1. The first kappa shape index (κ1) is 21.0. The highest BCUT2D eigenvalue weighted by molar-refractivity contribution is 7.98. The van der Waals surface area contributed by atoms with Gasteiger partial charge in [0.15, 0.2) is 0 Å². The smallest absolute Gasteiger partial charge is 0.258 e. The number of sulfonamides is 1. The van der Waals surface area contributed by atoms with E-state index in [0.29, 0.717) is 27.1 Å². The summed E-state index contributed by atoms with van der Waals surface area (Å²) in [5, 5.41) is 11.9. The molecule has 1 N–H and O–H groups in total. The number of non-ortho nitro benzene ring substituents is 1. The topological polar surface area (TPSA) is 89.3 Å². The number of halogens is 2. The summed E-state index contributed by atoms with van der Waals surface area (Å²) in [6.45, 7) is 0.240. The van der Waals surface area contributed by atoms with Crippen LogP contribution in [0, 0.1) is 10.1 Å². The summed E-state index contributed by atoms with van der Waals surface area (Å²) >= 11 is 13.7. The Morgan fingerprint density at radius 1 is 1.12 bits per heavy atom. The highest BCUT2D eigenvalue weighted by Crippen LogP contribution is 2.28. The van der Waals surface area contributed by atoms with E-state index in [2.05, 4.69) is 4.72 Å². The third-order valence-corrected chi connectivity index (χ3v) is 6.41. The van der Waals surface area contributed by atoms with Gasteiger partial charge in [0.2, 0.25) is 10.0 Å². The average molecular weight is 435 g/mol. The van der Waals surface area contributed by atoms with Gasteiger partial charge in [0.25, 0.3) is 5.69 Å². The van der Waals surface area contributed by atoms with Crippen molar-refractivity contribution in [2.75, 3.05) is 12.3 Å². The lowest BCUT2D eigenvalue weighted by atomic mass is 10.2. The highest BCUT2D eigenvalue weighted by Gasteiger charge is 2.14. The van der Waals surface area contributed by atoms with Gasteiger partial charge in [-0.3, -0.25) is 10.1 Å². The van der Waals surface area contributed by atoms with Crippen LogP contribution in [0.4, 0.5) is 5.69 Å². The fraction of sp³-hybridized carbons (Fsp3) is 0.250. The Bertz CT molecular complexity index is 871.